The Kier molecular flexibility index (Phi) is 7.03. The second kappa shape index (κ2) is 10.1. The number of benzene rings is 2. The van der Waals surface area contributed by atoms with Gasteiger partial charge in [0.05, 0.1) is 6.42 Å². The summed E-state index contributed by atoms with van der Waals surface area (Å²) in [7, 11) is 0. The summed E-state index contributed by atoms with van der Waals surface area (Å²) >= 11 is 0. The molecule has 0 spiro atoms. The summed E-state index contributed by atoms with van der Waals surface area (Å²) in [4.78, 5) is 30.0. The fourth-order valence-corrected chi connectivity index (χ4v) is 4.76. The van der Waals surface area contributed by atoms with Crippen molar-refractivity contribution in [1.82, 2.24) is 9.80 Å². The van der Waals surface area contributed by atoms with Crippen molar-refractivity contribution < 1.29 is 9.59 Å². The highest BCUT2D eigenvalue weighted by molar-refractivity contribution is 5.97. The van der Waals surface area contributed by atoms with Crippen LogP contribution in [0.5, 0.6) is 0 Å². The molecule has 0 radical (unpaired) electrons. The zero-order valence-corrected chi connectivity index (χ0v) is 18.4. The van der Waals surface area contributed by atoms with Crippen molar-refractivity contribution in [3.8, 4) is 0 Å². The van der Waals surface area contributed by atoms with E-state index in [4.69, 9.17) is 0 Å². The lowest BCUT2D eigenvalue weighted by molar-refractivity contribution is -0.136. The van der Waals surface area contributed by atoms with Crippen LogP contribution in [-0.4, -0.2) is 46.8 Å². The monoisotopic (exact) mass is 419 g/mol. The second-order valence-electron chi connectivity index (χ2n) is 8.91. The Morgan fingerprint density at radius 2 is 1.68 bits per heavy atom. The summed E-state index contributed by atoms with van der Waals surface area (Å²) in [6.07, 6.45) is 5.81. The molecule has 2 aromatic rings. The van der Waals surface area contributed by atoms with E-state index in [0.717, 1.165) is 37.2 Å². The van der Waals surface area contributed by atoms with E-state index in [9.17, 15) is 9.59 Å². The Bertz CT molecular complexity index is 881. The Labute approximate surface area is 185 Å². The fourth-order valence-electron chi connectivity index (χ4n) is 4.76. The lowest BCUT2D eigenvalue weighted by atomic mass is 10.0. The van der Waals surface area contributed by atoms with E-state index >= 15 is 0 Å². The van der Waals surface area contributed by atoms with E-state index < -0.39 is 0 Å². The van der Waals surface area contributed by atoms with Crippen LogP contribution in [0.25, 0.3) is 0 Å². The number of amides is 2. The minimum Gasteiger partial charge on any atom is -0.330 e. The SMILES string of the molecule is CC1CCCCN1Cc1ccc(NC(=O)C2CCCN2C(=O)Cc2ccccc2)cc1. The van der Waals surface area contributed by atoms with Crippen molar-refractivity contribution >= 4 is 17.5 Å². The minimum atomic E-state index is -0.384. The van der Waals surface area contributed by atoms with Gasteiger partial charge in [0.25, 0.3) is 0 Å². The topological polar surface area (TPSA) is 52.7 Å². The lowest BCUT2D eigenvalue weighted by Gasteiger charge is -2.33. The van der Waals surface area contributed by atoms with Crippen LogP contribution in [0.3, 0.4) is 0 Å². The van der Waals surface area contributed by atoms with E-state index in [1.165, 1.54) is 24.8 Å². The maximum absolute atomic E-state index is 12.9. The number of anilines is 1. The average Bonchev–Trinajstić information content (AvgIpc) is 3.28. The summed E-state index contributed by atoms with van der Waals surface area (Å²) in [5, 5.41) is 3.03. The Hall–Kier alpha value is -2.66. The normalized spacial score (nSPS) is 21.8. The molecule has 0 bridgehead atoms. The maximum atomic E-state index is 12.9. The van der Waals surface area contributed by atoms with Crippen LogP contribution < -0.4 is 5.32 Å². The van der Waals surface area contributed by atoms with Gasteiger partial charge in [-0.25, -0.2) is 0 Å². The molecule has 2 aliphatic rings. The van der Waals surface area contributed by atoms with Gasteiger partial charge in [-0.15, -0.1) is 0 Å². The summed E-state index contributed by atoms with van der Waals surface area (Å²) in [5.74, 6) is -0.0637. The first-order chi connectivity index (χ1) is 15.1. The molecule has 2 amide bonds. The molecule has 2 aliphatic heterocycles. The third-order valence-electron chi connectivity index (χ3n) is 6.62. The summed E-state index contributed by atoms with van der Waals surface area (Å²) in [5.41, 5.74) is 3.05. The van der Waals surface area contributed by atoms with Gasteiger partial charge in [0.1, 0.15) is 6.04 Å². The molecule has 4 rings (SSSR count). The first-order valence-corrected chi connectivity index (χ1v) is 11.6. The van der Waals surface area contributed by atoms with E-state index in [1.54, 1.807) is 4.90 Å². The molecule has 0 aromatic heterocycles. The Morgan fingerprint density at radius 1 is 0.903 bits per heavy atom. The molecule has 2 atom stereocenters. The van der Waals surface area contributed by atoms with Gasteiger partial charge in [-0.1, -0.05) is 48.9 Å². The van der Waals surface area contributed by atoms with Gasteiger partial charge in [0.15, 0.2) is 0 Å². The van der Waals surface area contributed by atoms with Gasteiger partial charge in [0, 0.05) is 24.8 Å². The molecule has 164 valence electrons. The van der Waals surface area contributed by atoms with Gasteiger partial charge in [-0.3, -0.25) is 14.5 Å². The molecule has 5 nitrogen and oxygen atoms in total. The first kappa shape index (κ1) is 21.6. The number of nitrogens with zero attached hydrogens (tertiary/aromatic N) is 2. The minimum absolute atomic E-state index is 0.0230. The standard InChI is InChI=1S/C26H33N3O2/c1-20-8-5-6-16-28(20)19-22-12-14-23(15-13-22)27-26(31)24-11-7-17-29(24)25(30)18-21-9-3-2-4-10-21/h2-4,9-10,12-15,20,24H,5-8,11,16-19H2,1H3,(H,27,31). The third kappa shape index (κ3) is 5.53. The lowest BCUT2D eigenvalue weighted by Crippen LogP contribution is -2.43. The molecular formula is C26H33N3O2. The number of piperidine rings is 1. The number of carbonyl (C=O) groups is 2. The van der Waals surface area contributed by atoms with Gasteiger partial charge in [-0.05, 0) is 62.4 Å². The van der Waals surface area contributed by atoms with Crippen LogP contribution in [0.4, 0.5) is 5.69 Å². The number of nitrogens with one attached hydrogen (secondary N) is 1. The number of carbonyl (C=O) groups excluding carboxylic acids is 2. The first-order valence-electron chi connectivity index (χ1n) is 11.6. The largest absolute Gasteiger partial charge is 0.330 e. The second-order valence-corrected chi connectivity index (χ2v) is 8.91. The van der Waals surface area contributed by atoms with Gasteiger partial charge in [-0.2, -0.15) is 0 Å². The van der Waals surface area contributed by atoms with Crippen molar-refractivity contribution in [2.24, 2.45) is 0 Å². The number of rotatable bonds is 6. The predicted octanol–water partition coefficient (Wildman–Crippen LogP) is 4.23. The molecule has 5 heteroatoms. The summed E-state index contributed by atoms with van der Waals surface area (Å²) in [6.45, 7) is 5.07. The van der Waals surface area contributed by atoms with Crippen molar-refractivity contribution in [1.29, 1.82) is 0 Å². The number of likely N-dealkylation sites (tertiary alicyclic amines) is 2. The molecule has 2 heterocycles. The molecule has 31 heavy (non-hydrogen) atoms. The van der Waals surface area contributed by atoms with Crippen LogP contribution in [-0.2, 0) is 22.6 Å². The zero-order valence-electron chi connectivity index (χ0n) is 18.4. The van der Waals surface area contributed by atoms with Crippen LogP contribution in [0.1, 0.15) is 50.2 Å². The summed E-state index contributed by atoms with van der Waals surface area (Å²) < 4.78 is 0. The van der Waals surface area contributed by atoms with Crippen LogP contribution >= 0.6 is 0 Å². The van der Waals surface area contributed by atoms with E-state index in [0.29, 0.717) is 19.0 Å². The number of hydrogen-bond acceptors (Lipinski definition) is 3. The molecular weight excluding hydrogens is 386 g/mol. The zero-order chi connectivity index (χ0) is 21.6. The van der Waals surface area contributed by atoms with Crippen molar-refractivity contribution in [3.63, 3.8) is 0 Å². The molecule has 2 saturated heterocycles. The highest BCUT2D eigenvalue weighted by Gasteiger charge is 2.33. The van der Waals surface area contributed by atoms with Gasteiger partial charge in [0.2, 0.25) is 11.8 Å². The van der Waals surface area contributed by atoms with Crippen LogP contribution in [0, 0.1) is 0 Å². The van der Waals surface area contributed by atoms with Crippen LogP contribution in [0.15, 0.2) is 54.6 Å². The fraction of sp³-hybridized carbons (Fsp3) is 0.462. The predicted molar refractivity (Wildman–Crippen MR) is 124 cm³/mol. The molecule has 2 fully saturated rings. The van der Waals surface area contributed by atoms with Crippen molar-refractivity contribution in [2.75, 3.05) is 18.4 Å². The van der Waals surface area contributed by atoms with E-state index in [2.05, 4.69) is 29.3 Å². The highest BCUT2D eigenvalue weighted by Crippen LogP contribution is 2.22. The van der Waals surface area contributed by atoms with E-state index in [1.807, 2.05) is 42.5 Å². The van der Waals surface area contributed by atoms with Crippen molar-refractivity contribution in [2.45, 2.75) is 64.1 Å². The Morgan fingerprint density at radius 3 is 2.42 bits per heavy atom. The highest BCUT2D eigenvalue weighted by atomic mass is 16.2. The molecule has 0 saturated carbocycles. The summed E-state index contributed by atoms with van der Waals surface area (Å²) in [6, 6.07) is 18.1. The van der Waals surface area contributed by atoms with Crippen molar-refractivity contribution in [3.05, 3.63) is 65.7 Å². The third-order valence-corrected chi connectivity index (χ3v) is 6.62. The number of hydrogen-bond donors (Lipinski definition) is 1. The molecule has 1 N–H and O–H groups in total. The molecule has 2 aromatic carbocycles. The van der Waals surface area contributed by atoms with Crippen LogP contribution in [0.2, 0.25) is 0 Å². The van der Waals surface area contributed by atoms with E-state index in [-0.39, 0.29) is 17.9 Å². The molecule has 2 unspecified atom stereocenters. The molecule has 0 aliphatic carbocycles. The smallest absolute Gasteiger partial charge is 0.247 e. The quantitative estimate of drug-likeness (QED) is 0.762. The van der Waals surface area contributed by atoms with Gasteiger partial charge < -0.3 is 10.2 Å². The Balaban J connectivity index is 1.33. The maximum Gasteiger partial charge on any atom is 0.247 e. The average molecular weight is 420 g/mol. The van der Waals surface area contributed by atoms with Gasteiger partial charge >= 0.3 is 0 Å².